The summed E-state index contributed by atoms with van der Waals surface area (Å²) in [7, 11) is 2.12. The number of nitrogens with one attached hydrogen (secondary N) is 1. The molecule has 1 amide bonds. The van der Waals surface area contributed by atoms with Crippen molar-refractivity contribution in [3.63, 3.8) is 0 Å². The van der Waals surface area contributed by atoms with E-state index in [1.54, 1.807) is 0 Å². The lowest BCUT2D eigenvalue weighted by atomic mass is 9.95. The molecule has 3 rings (SSSR count). The smallest absolute Gasteiger partial charge is 0.234 e. The Kier molecular flexibility index (Phi) is 7.76. The minimum atomic E-state index is -0.000223. The Bertz CT molecular complexity index is 844. The highest BCUT2D eigenvalue weighted by Gasteiger charge is 2.22. The molecule has 0 aliphatic heterocycles. The molecule has 1 N–H and O–H groups in total. The van der Waals surface area contributed by atoms with Crippen molar-refractivity contribution >= 4 is 34.2 Å². The second-order valence-corrected chi connectivity index (χ2v) is 8.73. The Morgan fingerprint density at radius 1 is 1.10 bits per heavy atom. The quantitative estimate of drug-likeness (QED) is 0.492. The Morgan fingerprint density at radius 3 is 2.52 bits per heavy atom. The van der Waals surface area contributed by atoms with Crippen LogP contribution in [0.4, 0.5) is 11.4 Å². The molecule has 0 atom stereocenters. The highest BCUT2D eigenvalue weighted by atomic mass is 32.2. The fourth-order valence-electron chi connectivity index (χ4n) is 3.72. The molecule has 1 fully saturated rings. The van der Waals surface area contributed by atoms with Gasteiger partial charge < -0.3 is 10.2 Å². The number of hydrogen-bond acceptors (Lipinski definition) is 3. The van der Waals surface area contributed by atoms with E-state index in [-0.39, 0.29) is 5.91 Å². The molecule has 2 aromatic rings. The maximum absolute atomic E-state index is 12.6. The molecule has 0 heterocycles. The monoisotopic (exact) mass is 409 g/mol. The Morgan fingerprint density at radius 2 is 1.83 bits per heavy atom. The highest BCUT2D eigenvalue weighted by Crippen LogP contribution is 2.26. The molecule has 5 heteroatoms. The molecular weight excluding hydrogens is 378 g/mol. The first kappa shape index (κ1) is 21.4. The number of aliphatic imine (C=N–C) groups is 1. The van der Waals surface area contributed by atoms with E-state index in [0.717, 1.165) is 22.1 Å². The molecule has 1 saturated carbocycles. The van der Waals surface area contributed by atoms with Crippen LogP contribution < -0.4 is 5.32 Å². The van der Waals surface area contributed by atoms with Crippen molar-refractivity contribution < 1.29 is 4.79 Å². The summed E-state index contributed by atoms with van der Waals surface area (Å²) in [6.07, 6.45) is 6.25. The Labute approximate surface area is 178 Å². The average molecular weight is 410 g/mol. The summed E-state index contributed by atoms with van der Waals surface area (Å²) in [6, 6.07) is 16.6. The number of anilines is 1. The van der Waals surface area contributed by atoms with Gasteiger partial charge in [0.2, 0.25) is 5.91 Å². The fraction of sp³-hybridized carbons (Fsp3) is 0.417. The topological polar surface area (TPSA) is 44.7 Å². The van der Waals surface area contributed by atoms with E-state index >= 15 is 0 Å². The third-order valence-electron chi connectivity index (χ3n) is 5.39. The predicted molar refractivity (Wildman–Crippen MR) is 125 cm³/mol. The second kappa shape index (κ2) is 10.5. The number of carbonyl (C=O) groups excluding carboxylic acids is 1. The van der Waals surface area contributed by atoms with E-state index in [1.807, 2.05) is 49.4 Å². The Hall–Kier alpha value is -2.27. The fourth-order valence-corrected chi connectivity index (χ4v) is 4.58. The normalized spacial score (nSPS) is 15.2. The van der Waals surface area contributed by atoms with Gasteiger partial charge >= 0.3 is 0 Å². The van der Waals surface area contributed by atoms with E-state index < -0.39 is 0 Å². The van der Waals surface area contributed by atoms with Gasteiger partial charge in [0.1, 0.15) is 0 Å². The number of hydrogen-bond donors (Lipinski definition) is 1. The van der Waals surface area contributed by atoms with Crippen LogP contribution in [0.2, 0.25) is 0 Å². The van der Waals surface area contributed by atoms with Crippen LogP contribution in [0.3, 0.4) is 0 Å². The SMILES string of the molecule is Cc1ccc(NC(=O)CSC(=Nc2ccccc2)N(C)C2CCCCC2)c(C)c1. The highest BCUT2D eigenvalue weighted by molar-refractivity contribution is 8.14. The molecule has 0 aromatic heterocycles. The molecule has 154 valence electrons. The van der Waals surface area contributed by atoms with Crippen molar-refractivity contribution in [2.45, 2.75) is 52.0 Å². The van der Waals surface area contributed by atoms with Gasteiger partial charge in [-0.25, -0.2) is 4.99 Å². The lowest BCUT2D eigenvalue weighted by Gasteiger charge is -2.33. The molecule has 0 saturated heterocycles. The zero-order valence-electron chi connectivity index (χ0n) is 17.6. The zero-order valence-corrected chi connectivity index (χ0v) is 18.5. The predicted octanol–water partition coefficient (Wildman–Crippen LogP) is 5.93. The van der Waals surface area contributed by atoms with Crippen molar-refractivity contribution in [2.75, 3.05) is 18.1 Å². The second-order valence-electron chi connectivity index (χ2n) is 7.79. The molecule has 0 spiro atoms. The number of rotatable bonds is 5. The van der Waals surface area contributed by atoms with Crippen LogP contribution >= 0.6 is 11.8 Å². The summed E-state index contributed by atoms with van der Waals surface area (Å²) in [5.41, 5.74) is 4.08. The molecule has 0 radical (unpaired) electrons. The molecule has 2 aromatic carbocycles. The van der Waals surface area contributed by atoms with Crippen LogP contribution in [0, 0.1) is 13.8 Å². The van der Waals surface area contributed by atoms with Gasteiger partial charge in [0, 0.05) is 18.8 Å². The van der Waals surface area contributed by atoms with Crippen molar-refractivity contribution in [2.24, 2.45) is 4.99 Å². The summed E-state index contributed by atoms with van der Waals surface area (Å²) in [5.74, 6) is 0.343. The van der Waals surface area contributed by atoms with E-state index in [4.69, 9.17) is 4.99 Å². The number of aryl methyl sites for hydroxylation is 2. The van der Waals surface area contributed by atoms with Crippen LogP contribution in [-0.2, 0) is 4.79 Å². The summed E-state index contributed by atoms with van der Waals surface area (Å²) in [5, 5.41) is 3.96. The van der Waals surface area contributed by atoms with Gasteiger partial charge in [0.15, 0.2) is 5.17 Å². The molecule has 0 unspecified atom stereocenters. The number of para-hydroxylation sites is 1. The summed E-state index contributed by atoms with van der Waals surface area (Å²) in [4.78, 5) is 19.7. The summed E-state index contributed by atoms with van der Waals surface area (Å²) in [6.45, 7) is 4.08. The van der Waals surface area contributed by atoms with Crippen LogP contribution in [0.5, 0.6) is 0 Å². The molecule has 1 aliphatic rings. The van der Waals surface area contributed by atoms with Crippen molar-refractivity contribution in [3.8, 4) is 0 Å². The van der Waals surface area contributed by atoms with Gasteiger partial charge in [-0.2, -0.15) is 0 Å². The van der Waals surface area contributed by atoms with Crippen molar-refractivity contribution in [3.05, 3.63) is 59.7 Å². The lowest BCUT2D eigenvalue weighted by molar-refractivity contribution is -0.113. The zero-order chi connectivity index (χ0) is 20.6. The molecule has 0 bridgehead atoms. The van der Waals surface area contributed by atoms with Gasteiger partial charge in [-0.15, -0.1) is 0 Å². The summed E-state index contributed by atoms with van der Waals surface area (Å²) < 4.78 is 0. The molecular formula is C24H31N3OS. The third-order valence-corrected chi connectivity index (χ3v) is 6.44. The maximum Gasteiger partial charge on any atom is 0.234 e. The van der Waals surface area contributed by atoms with Crippen molar-refractivity contribution in [1.29, 1.82) is 0 Å². The number of amides is 1. The van der Waals surface area contributed by atoms with Gasteiger partial charge in [-0.1, -0.05) is 66.9 Å². The number of carbonyl (C=O) groups is 1. The van der Waals surface area contributed by atoms with Gasteiger partial charge in [0.05, 0.1) is 11.4 Å². The van der Waals surface area contributed by atoms with E-state index in [0.29, 0.717) is 11.8 Å². The number of benzene rings is 2. The largest absolute Gasteiger partial charge is 0.351 e. The maximum atomic E-state index is 12.6. The Balaban J connectivity index is 1.69. The minimum absolute atomic E-state index is 0.000223. The molecule has 1 aliphatic carbocycles. The van der Waals surface area contributed by atoms with E-state index in [1.165, 1.54) is 49.4 Å². The third kappa shape index (κ3) is 6.36. The van der Waals surface area contributed by atoms with Crippen LogP contribution in [0.1, 0.15) is 43.2 Å². The summed E-state index contributed by atoms with van der Waals surface area (Å²) >= 11 is 1.52. The number of nitrogens with zero attached hydrogens (tertiary/aromatic N) is 2. The lowest BCUT2D eigenvalue weighted by Crippen LogP contribution is -2.37. The molecule has 29 heavy (non-hydrogen) atoms. The first-order valence-corrected chi connectivity index (χ1v) is 11.4. The van der Waals surface area contributed by atoms with E-state index in [9.17, 15) is 4.79 Å². The average Bonchev–Trinajstić information content (AvgIpc) is 2.74. The number of thioether (sulfide) groups is 1. The first-order valence-electron chi connectivity index (χ1n) is 10.4. The van der Waals surface area contributed by atoms with Crippen LogP contribution in [0.25, 0.3) is 0 Å². The van der Waals surface area contributed by atoms with Gasteiger partial charge in [0.25, 0.3) is 0 Å². The van der Waals surface area contributed by atoms with Gasteiger partial charge in [-0.05, 0) is 50.5 Å². The van der Waals surface area contributed by atoms with E-state index in [2.05, 4.69) is 30.3 Å². The van der Waals surface area contributed by atoms with Gasteiger partial charge in [-0.3, -0.25) is 4.79 Å². The standard InChI is InChI=1S/C24H31N3OS/c1-18-14-15-22(19(2)16-18)26-23(28)17-29-24(25-20-10-6-4-7-11-20)27(3)21-12-8-5-9-13-21/h4,6-7,10-11,14-16,21H,5,8-9,12-13,17H2,1-3H3,(H,26,28). The van der Waals surface area contributed by atoms with Crippen molar-refractivity contribution in [1.82, 2.24) is 4.90 Å². The molecule has 4 nitrogen and oxygen atoms in total. The first-order chi connectivity index (χ1) is 14.0. The van der Waals surface area contributed by atoms with Crippen LogP contribution in [-0.4, -0.2) is 34.8 Å². The van der Waals surface area contributed by atoms with Crippen LogP contribution in [0.15, 0.2) is 53.5 Å². The minimum Gasteiger partial charge on any atom is -0.351 e. The number of amidine groups is 1.